The highest BCUT2D eigenvalue weighted by atomic mass is 35.5. The van der Waals surface area contributed by atoms with Gasteiger partial charge in [0.25, 0.3) is 5.91 Å². The minimum absolute atomic E-state index is 0.138. The number of carbonyl (C=O) groups excluding carboxylic acids is 2. The van der Waals surface area contributed by atoms with Crippen LogP contribution in [0.5, 0.6) is 0 Å². The summed E-state index contributed by atoms with van der Waals surface area (Å²) in [7, 11) is 0. The third kappa shape index (κ3) is 4.74. The first-order chi connectivity index (χ1) is 13.8. The van der Waals surface area contributed by atoms with E-state index >= 15 is 0 Å². The molecule has 0 saturated carbocycles. The van der Waals surface area contributed by atoms with Crippen LogP contribution < -0.4 is 5.32 Å². The van der Waals surface area contributed by atoms with Crippen LogP contribution in [0.15, 0.2) is 30.3 Å². The van der Waals surface area contributed by atoms with Gasteiger partial charge < -0.3 is 10.1 Å². The van der Waals surface area contributed by atoms with Gasteiger partial charge in [0, 0.05) is 23.9 Å². The number of anilines is 1. The lowest BCUT2D eigenvalue weighted by atomic mass is 10.1. The van der Waals surface area contributed by atoms with Crippen LogP contribution >= 0.6 is 11.6 Å². The zero-order chi connectivity index (χ0) is 21.1. The second kappa shape index (κ2) is 8.61. The molecule has 0 aliphatic carbocycles. The quantitative estimate of drug-likeness (QED) is 0.620. The Morgan fingerprint density at radius 3 is 2.69 bits per heavy atom. The minimum Gasteiger partial charge on any atom is -0.453 e. The number of amides is 1. The van der Waals surface area contributed by atoms with Crippen LogP contribution in [0.1, 0.15) is 36.0 Å². The van der Waals surface area contributed by atoms with Gasteiger partial charge in [-0.3, -0.25) is 9.59 Å². The van der Waals surface area contributed by atoms with Gasteiger partial charge in [-0.1, -0.05) is 23.7 Å². The first-order valence-electron chi connectivity index (χ1n) is 9.33. The van der Waals surface area contributed by atoms with Crippen LogP contribution in [-0.2, 0) is 20.7 Å². The van der Waals surface area contributed by atoms with Gasteiger partial charge in [-0.2, -0.15) is 5.10 Å². The zero-order valence-electron chi connectivity index (χ0n) is 16.8. The molecule has 29 heavy (non-hydrogen) atoms. The molecule has 0 fully saturated rings. The predicted octanol–water partition coefficient (Wildman–Crippen LogP) is 3.81. The number of carbonyl (C=O) groups is 2. The van der Waals surface area contributed by atoms with E-state index in [9.17, 15) is 9.59 Å². The summed E-state index contributed by atoms with van der Waals surface area (Å²) in [5.41, 5.74) is 4.89. The molecule has 0 aliphatic rings. The zero-order valence-corrected chi connectivity index (χ0v) is 17.6. The van der Waals surface area contributed by atoms with Crippen LogP contribution in [0.4, 0.5) is 5.69 Å². The van der Waals surface area contributed by atoms with E-state index in [2.05, 4.69) is 15.4 Å². The summed E-state index contributed by atoms with van der Waals surface area (Å²) in [5.74, 6) is -0.892. The second-order valence-corrected chi connectivity index (χ2v) is 7.33. The molecule has 152 valence electrons. The highest BCUT2D eigenvalue weighted by Crippen LogP contribution is 2.21. The summed E-state index contributed by atoms with van der Waals surface area (Å²) in [6, 6.07) is 8.79. The molecule has 2 heterocycles. The number of benzene rings is 1. The molecule has 1 atom stereocenters. The molecule has 1 amide bonds. The molecule has 0 radical (unpaired) electrons. The predicted molar refractivity (Wildman–Crippen MR) is 111 cm³/mol. The number of aromatic nitrogens is 3. The maximum Gasteiger partial charge on any atom is 0.306 e. The van der Waals surface area contributed by atoms with Crippen LogP contribution in [0, 0.1) is 20.8 Å². The number of ether oxygens (including phenoxy) is 1. The van der Waals surface area contributed by atoms with E-state index in [1.54, 1.807) is 28.8 Å². The molecule has 2 aromatic heterocycles. The smallest absolute Gasteiger partial charge is 0.306 e. The molecule has 3 rings (SSSR count). The summed E-state index contributed by atoms with van der Waals surface area (Å²) in [6.45, 7) is 7.31. The van der Waals surface area contributed by atoms with Gasteiger partial charge >= 0.3 is 5.97 Å². The molecule has 0 bridgehead atoms. The van der Waals surface area contributed by atoms with E-state index in [-0.39, 0.29) is 6.42 Å². The van der Waals surface area contributed by atoms with Gasteiger partial charge in [-0.25, -0.2) is 9.50 Å². The number of rotatable bonds is 6. The second-order valence-electron chi connectivity index (χ2n) is 6.92. The topological polar surface area (TPSA) is 85.6 Å². The number of esters is 1. The largest absolute Gasteiger partial charge is 0.453 e. The average Bonchev–Trinajstić information content (AvgIpc) is 3.03. The summed E-state index contributed by atoms with van der Waals surface area (Å²) in [4.78, 5) is 29.1. The molecule has 8 heteroatoms. The third-order valence-electron chi connectivity index (χ3n) is 4.67. The van der Waals surface area contributed by atoms with Gasteiger partial charge in [0.1, 0.15) is 0 Å². The molecule has 1 aromatic carbocycles. The minimum atomic E-state index is -0.935. The molecular weight excluding hydrogens is 392 g/mol. The molecule has 0 saturated heterocycles. The first kappa shape index (κ1) is 20.8. The number of nitrogens with zero attached hydrogens (tertiary/aromatic N) is 3. The fourth-order valence-electron chi connectivity index (χ4n) is 3.14. The number of halogens is 1. The number of hydrogen-bond donors (Lipinski definition) is 1. The van der Waals surface area contributed by atoms with Crippen molar-refractivity contribution in [2.24, 2.45) is 0 Å². The summed E-state index contributed by atoms with van der Waals surface area (Å²) in [6.07, 6.45) is -0.342. The Kier molecular flexibility index (Phi) is 6.17. The fourth-order valence-corrected chi connectivity index (χ4v) is 3.32. The number of hydrogen-bond acceptors (Lipinski definition) is 5. The van der Waals surface area contributed by atoms with Crippen LogP contribution in [0.25, 0.3) is 5.65 Å². The molecule has 3 aromatic rings. The van der Waals surface area contributed by atoms with E-state index in [0.717, 1.165) is 28.3 Å². The number of aryl methyl sites for hydroxylation is 3. The number of para-hydroxylation sites is 1. The van der Waals surface area contributed by atoms with Gasteiger partial charge in [0.05, 0.1) is 16.4 Å². The SMILES string of the molecule is Cc1cc2nc(C)c(CCC(=O)OC(C)C(=O)Nc3ccccc3Cl)c(C)n2n1. The highest BCUT2D eigenvalue weighted by molar-refractivity contribution is 6.33. The van der Waals surface area contributed by atoms with Gasteiger partial charge in [-0.15, -0.1) is 0 Å². The van der Waals surface area contributed by atoms with Crippen molar-refractivity contribution in [3.05, 3.63) is 58.0 Å². The van der Waals surface area contributed by atoms with E-state index in [1.165, 1.54) is 6.92 Å². The van der Waals surface area contributed by atoms with Crippen molar-refractivity contribution in [1.29, 1.82) is 0 Å². The Balaban J connectivity index is 1.60. The fraction of sp³-hybridized carbons (Fsp3) is 0.333. The molecule has 0 spiro atoms. The Bertz CT molecular complexity index is 1080. The van der Waals surface area contributed by atoms with Crippen molar-refractivity contribution in [2.75, 3.05) is 5.32 Å². The van der Waals surface area contributed by atoms with Crippen LogP contribution in [-0.4, -0.2) is 32.6 Å². The summed E-state index contributed by atoms with van der Waals surface area (Å²) in [5, 5.41) is 7.51. The van der Waals surface area contributed by atoms with E-state index in [4.69, 9.17) is 16.3 Å². The monoisotopic (exact) mass is 414 g/mol. The number of fused-ring (bicyclic) bond motifs is 1. The van der Waals surface area contributed by atoms with Crippen molar-refractivity contribution >= 4 is 34.8 Å². The van der Waals surface area contributed by atoms with Crippen molar-refractivity contribution in [1.82, 2.24) is 14.6 Å². The average molecular weight is 415 g/mol. The molecule has 1 unspecified atom stereocenters. The standard InChI is InChI=1S/C21H23ClN4O3/c1-12-11-19-23-13(2)16(14(3)26(19)25-12)9-10-20(27)29-15(4)21(28)24-18-8-6-5-7-17(18)22/h5-8,11,15H,9-10H2,1-4H3,(H,24,28). The normalized spacial score (nSPS) is 12.0. The van der Waals surface area contributed by atoms with Gasteiger partial charge in [0.15, 0.2) is 11.8 Å². The van der Waals surface area contributed by atoms with E-state index < -0.39 is 18.0 Å². The first-order valence-corrected chi connectivity index (χ1v) is 9.71. The van der Waals surface area contributed by atoms with Gasteiger partial charge in [-0.05, 0) is 51.8 Å². The van der Waals surface area contributed by atoms with Crippen molar-refractivity contribution in [3.8, 4) is 0 Å². The van der Waals surface area contributed by atoms with E-state index in [0.29, 0.717) is 17.1 Å². The highest BCUT2D eigenvalue weighted by Gasteiger charge is 2.20. The van der Waals surface area contributed by atoms with Gasteiger partial charge in [0.2, 0.25) is 0 Å². The lowest BCUT2D eigenvalue weighted by Crippen LogP contribution is -2.30. The Morgan fingerprint density at radius 2 is 1.97 bits per heavy atom. The van der Waals surface area contributed by atoms with Crippen molar-refractivity contribution < 1.29 is 14.3 Å². The lowest BCUT2D eigenvalue weighted by Gasteiger charge is -2.15. The maximum atomic E-state index is 12.3. The Hall–Kier alpha value is -2.93. The molecule has 1 N–H and O–H groups in total. The van der Waals surface area contributed by atoms with Crippen LogP contribution in [0.2, 0.25) is 5.02 Å². The van der Waals surface area contributed by atoms with E-state index in [1.807, 2.05) is 26.8 Å². The van der Waals surface area contributed by atoms with Crippen molar-refractivity contribution in [3.63, 3.8) is 0 Å². The maximum absolute atomic E-state index is 12.3. The summed E-state index contributed by atoms with van der Waals surface area (Å²) < 4.78 is 7.06. The molecule has 7 nitrogen and oxygen atoms in total. The lowest BCUT2D eigenvalue weighted by molar-refractivity contribution is -0.153. The molecular formula is C21H23ClN4O3. The Labute approximate surface area is 174 Å². The van der Waals surface area contributed by atoms with Crippen molar-refractivity contribution in [2.45, 2.75) is 46.6 Å². The summed E-state index contributed by atoms with van der Waals surface area (Å²) >= 11 is 6.03. The Morgan fingerprint density at radius 1 is 1.24 bits per heavy atom. The molecule has 0 aliphatic heterocycles. The van der Waals surface area contributed by atoms with Crippen LogP contribution in [0.3, 0.4) is 0 Å². The number of nitrogens with one attached hydrogen (secondary N) is 1. The third-order valence-corrected chi connectivity index (χ3v) is 5.00.